The first-order valence-corrected chi connectivity index (χ1v) is 9.55. The first-order valence-electron chi connectivity index (χ1n) is 9.55. The Bertz CT molecular complexity index is 845. The van der Waals surface area contributed by atoms with E-state index in [4.69, 9.17) is 4.74 Å². The number of anilines is 2. The highest BCUT2D eigenvalue weighted by Gasteiger charge is 2.35. The number of halogens is 1. The molecule has 2 aromatic rings. The van der Waals surface area contributed by atoms with Gasteiger partial charge in [0.1, 0.15) is 5.82 Å². The van der Waals surface area contributed by atoms with Crippen molar-refractivity contribution >= 4 is 23.2 Å². The van der Waals surface area contributed by atoms with Crippen molar-refractivity contribution in [2.24, 2.45) is 11.8 Å². The van der Waals surface area contributed by atoms with Crippen LogP contribution in [-0.2, 0) is 20.9 Å². The van der Waals surface area contributed by atoms with E-state index in [1.165, 1.54) is 17.0 Å². The van der Waals surface area contributed by atoms with Crippen LogP contribution in [0.5, 0.6) is 0 Å². The Morgan fingerprint density at radius 1 is 1.25 bits per heavy atom. The maximum absolute atomic E-state index is 13.1. The Balaban J connectivity index is 1.34. The number of rotatable bonds is 5. The second-order valence-corrected chi connectivity index (χ2v) is 7.38. The van der Waals surface area contributed by atoms with Crippen LogP contribution >= 0.6 is 0 Å². The monoisotopic (exact) mass is 386 g/mol. The second-order valence-electron chi connectivity index (χ2n) is 7.38. The average molecular weight is 386 g/mol. The average Bonchev–Trinajstić information content (AvgIpc) is 3.30. The SMILES string of the molecule is O=C(Nc1cnn(CC2CCOCC2)c1)C1CC(=O)N(c2ccc(F)cc2)C1. The lowest BCUT2D eigenvalue weighted by atomic mass is 10.0. The molecule has 0 bridgehead atoms. The van der Waals surface area contributed by atoms with E-state index in [1.54, 1.807) is 18.3 Å². The van der Waals surface area contributed by atoms with Crippen LogP contribution in [0.1, 0.15) is 19.3 Å². The van der Waals surface area contributed by atoms with E-state index in [2.05, 4.69) is 10.4 Å². The minimum atomic E-state index is -0.448. The van der Waals surface area contributed by atoms with E-state index in [1.807, 2.05) is 10.9 Å². The van der Waals surface area contributed by atoms with E-state index in [0.29, 0.717) is 17.3 Å². The van der Waals surface area contributed by atoms with Gasteiger partial charge in [0.15, 0.2) is 0 Å². The van der Waals surface area contributed by atoms with Crippen molar-refractivity contribution in [3.63, 3.8) is 0 Å². The summed E-state index contributed by atoms with van der Waals surface area (Å²) >= 11 is 0. The summed E-state index contributed by atoms with van der Waals surface area (Å²) in [5.41, 5.74) is 1.23. The summed E-state index contributed by atoms with van der Waals surface area (Å²) in [5.74, 6) is -0.613. The number of hydrogen-bond acceptors (Lipinski definition) is 4. The number of amides is 2. The Morgan fingerprint density at radius 2 is 2.00 bits per heavy atom. The Kier molecular flexibility index (Phi) is 5.38. The van der Waals surface area contributed by atoms with E-state index in [9.17, 15) is 14.0 Å². The molecule has 1 N–H and O–H groups in total. The molecule has 2 aliphatic rings. The second kappa shape index (κ2) is 8.10. The number of ether oxygens (including phenoxy) is 1. The molecule has 2 amide bonds. The van der Waals surface area contributed by atoms with Gasteiger partial charge in [-0.3, -0.25) is 14.3 Å². The summed E-state index contributed by atoms with van der Waals surface area (Å²) in [6, 6.07) is 5.72. The van der Waals surface area contributed by atoms with Crippen LogP contribution < -0.4 is 10.2 Å². The van der Waals surface area contributed by atoms with Gasteiger partial charge < -0.3 is 15.0 Å². The smallest absolute Gasteiger partial charge is 0.229 e. The molecule has 2 saturated heterocycles. The molecule has 1 aromatic carbocycles. The highest BCUT2D eigenvalue weighted by atomic mass is 19.1. The van der Waals surface area contributed by atoms with Gasteiger partial charge in [0.2, 0.25) is 11.8 Å². The number of hydrogen-bond donors (Lipinski definition) is 1. The molecule has 1 aromatic heterocycles. The van der Waals surface area contributed by atoms with E-state index < -0.39 is 5.92 Å². The molecule has 4 rings (SSSR count). The van der Waals surface area contributed by atoms with Gasteiger partial charge in [-0.25, -0.2) is 4.39 Å². The first kappa shape index (κ1) is 18.6. The molecule has 2 aliphatic heterocycles. The summed E-state index contributed by atoms with van der Waals surface area (Å²) in [5, 5.41) is 7.18. The maximum atomic E-state index is 13.1. The zero-order chi connectivity index (χ0) is 19.5. The molecule has 1 atom stereocenters. The lowest BCUT2D eigenvalue weighted by molar-refractivity contribution is -0.122. The summed E-state index contributed by atoms with van der Waals surface area (Å²) in [6.45, 7) is 2.66. The first-order chi connectivity index (χ1) is 13.6. The number of carbonyl (C=O) groups is 2. The van der Waals surface area contributed by atoms with Gasteiger partial charge >= 0.3 is 0 Å². The molecule has 3 heterocycles. The van der Waals surface area contributed by atoms with Crippen LogP contribution in [0.2, 0.25) is 0 Å². The standard InChI is InChI=1S/C20H23FN4O3/c21-16-1-3-18(4-2-16)25-12-15(9-19(25)26)20(27)23-17-10-22-24(13-17)11-14-5-7-28-8-6-14/h1-4,10,13-15H,5-9,11-12H2,(H,23,27). The van der Waals surface area contributed by atoms with Crippen molar-refractivity contribution in [3.05, 3.63) is 42.5 Å². The Labute approximate surface area is 162 Å². The highest BCUT2D eigenvalue weighted by Crippen LogP contribution is 2.26. The predicted octanol–water partition coefficient (Wildman–Crippen LogP) is 2.44. The molecule has 28 heavy (non-hydrogen) atoms. The third-order valence-corrected chi connectivity index (χ3v) is 5.32. The van der Waals surface area contributed by atoms with Crippen molar-refractivity contribution in [2.45, 2.75) is 25.8 Å². The van der Waals surface area contributed by atoms with Gasteiger partial charge in [0.25, 0.3) is 0 Å². The van der Waals surface area contributed by atoms with Crippen LogP contribution in [0, 0.1) is 17.7 Å². The van der Waals surface area contributed by atoms with Gasteiger partial charge in [-0.1, -0.05) is 0 Å². The zero-order valence-corrected chi connectivity index (χ0v) is 15.5. The number of nitrogens with zero attached hydrogens (tertiary/aromatic N) is 3. The lowest BCUT2D eigenvalue weighted by Crippen LogP contribution is -2.28. The normalized spacial score (nSPS) is 20.5. The van der Waals surface area contributed by atoms with Crippen LogP contribution in [0.4, 0.5) is 15.8 Å². The molecule has 2 fully saturated rings. The zero-order valence-electron chi connectivity index (χ0n) is 15.5. The van der Waals surface area contributed by atoms with E-state index in [-0.39, 0.29) is 30.6 Å². The van der Waals surface area contributed by atoms with Crippen molar-refractivity contribution in [3.8, 4) is 0 Å². The molecule has 1 unspecified atom stereocenters. The van der Waals surface area contributed by atoms with Gasteiger partial charge in [0, 0.05) is 44.6 Å². The van der Waals surface area contributed by atoms with Gasteiger partial charge in [-0.15, -0.1) is 0 Å². The van der Waals surface area contributed by atoms with Gasteiger partial charge in [0.05, 0.1) is 17.8 Å². The molecule has 0 spiro atoms. The molecule has 148 valence electrons. The largest absolute Gasteiger partial charge is 0.381 e. The van der Waals surface area contributed by atoms with E-state index in [0.717, 1.165) is 32.6 Å². The lowest BCUT2D eigenvalue weighted by Gasteiger charge is -2.21. The fourth-order valence-corrected chi connectivity index (χ4v) is 3.72. The fraction of sp³-hybridized carbons (Fsp3) is 0.450. The van der Waals surface area contributed by atoms with Crippen LogP contribution in [0.15, 0.2) is 36.7 Å². The highest BCUT2D eigenvalue weighted by molar-refractivity contribution is 6.03. The van der Waals surface area contributed by atoms with Crippen LogP contribution in [-0.4, -0.2) is 41.4 Å². The summed E-state index contributed by atoms with van der Waals surface area (Å²) in [6.07, 6.45) is 5.63. The fourth-order valence-electron chi connectivity index (χ4n) is 3.72. The molecular formula is C20H23FN4O3. The third-order valence-electron chi connectivity index (χ3n) is 5.32. The third kappa shape index (κ3) is 4.22. The van der Waals surface area contributed by atoms with Gasteiger partial charge in [-0.2, -0.15) is 5.10 Å². The van der Waals surface area contributed by atoms with Crippen molar-refractivity contribution in [1.29, 1.82) is 0 Å². The Hall–Kier alpha value is -2.74. The van der Waals surface area contributed by atoms with Crippen LogP contribution in [0.3, 0.4) is 0 Å². The maximum Gasteiger partial charge on any atom is 0.229 e. The number of benzene rings is 1. The summed E-state index contributed by atoms with van der Waals surface area (Å²) in [4.78, 5) is 26.4. The van der Waals surface area contributed by atoms with Crippen molar-refractivity contribution in [2.75, 3.05) is 30.0 Å². The molecule has 8 heteroatoms. The molecular weight excluding hydrogens is 363 g/mol. The molecule has 0 radical (unpaired) electrons. The van der Waals surface area contributed by atoms with E-state index >= 15 is 0 Å². The number of carbonyl (C=O) groups excluding carboxylic acids is 2. The van der Waals surface area contributed by atoms with Crippen LogP contribution in [0.25, 0.3) is 0 Å². The topological polar surface area (TPSA) is 76.5 Å². The van der Waals surface area contributed by atoms with Gasteiger partial charge in [-0.05, 0) is 43.0 Å². The molecule has 7 nitrogen and oxygen atoms in total. The quantitative estimate of drug-likeness (QED) is 0.856. The Morgan fingerprint density at radius 3 is 2.75 bits per heavy atom. The molecule has 0 saturated carbocycles. The minimum Gasteiger partial charge on any atom is -0.381 e. The summed E-state index contributed by atoms with van der Waals surface area (Å²) in [7, 11) is 0. The summed E-state index contributed by atoms with van der Waals surface area (Å²) < 4.78 is 20.3. The van der Waals surface area contributed by atoms with Crippen molar-refractivity contribution < 1.29 is 18.7 Å². The molecule has 0 aliphatic carbocycles. The van der Waals surface area contributed by atoms with Crippen molar-refractivity contribution in [1.82, 2.24) is 9.78 Å². The number of aromatic nitrogens is 2. The predicted molar refractivity (Wildman–Crippen MR) is 101 cm³/mol. The number of nitrogens with one attached hydrogen (secondary N) is 1. The minimum absolute atomic E-state index is 0.137.